The van der Waals surface area contributed by atoms with Crippen molar-refractivity contribution in [3.63, 3.8) is 0 Å². The Morgan fingerprint density at radius 2 is 1.83 bits per heavy atom. The Morgan fingerprint density at radius 1 is 1.22 bits per heavy atom. The highest BCUT2D eigenvalue weighted by atomic mass is 16.7. The largest absolute Gasteiger partial charge is 0.490 e. The summed E-state index contributed by atoms with van der Waals surface area (Å²) in [6.07, 6.45) is 1.66. The molecule has 0 spiro atoms. The first kappa shape index (κ1) is 14.3. The molecule has 0 radical (unpaired) electrons. The van der Waals surface area contributed by atoms with Crippen LogP contribution in [0.5, 0.6) is 0 Å². The Hall–Kier alpha value is -1.81. The van der Waals surface area contributed by atoms with Crippen LogP contribution in [0.2, 0.25) is 0 Å². The number of hydrogen-bond donors (Lipinski definition) is 0. The van der Waals surface area contributed by atoms with Crippen molar-refractivity contribution < 1.29 is 14.4 Å². The van der Waals surface area contributed by atoms with E-state index in [4.69, 9.17) is 9.57 Å². The molecule has 98 valence electrons. The topological polar surface area (TPSA) is 38.8 Å². The van der Waals surface area contributed by atoms with Gasteiger partial charge >= 0.3 is 5.97 Å². The van der Waals surface area contributed by atoms with Crippen molar-refractivity contribution in [2.75, 3.05) is 20.2 Å². The summed E-state index contributed by atoms with van der Waals surface area (Å²) in [5, 5.41) is 1.57. The van der Waals surface area contributed by atoms with E-state index in [1.807, 2.05) is 44.2 Å². The zero-order valence-electron chi connectivity index (χ0n) is 11.1. The fraction of sp³-hybridized carbons (Fsp3) is 0.357. The average molecular weight is 249 g/mol. The van der Waals surface area contributed by atoms with Gasteiger partial charge in [-0.2, -0.15) is 0 Å². The molecule has 0 N–H and O–H groups in total. The van der Waals surface area contributed by atoms with Gasteiger partial charge in [0.15, 0.2) is 0 Å². The van der Waals surface area contributed by atoms with Crippen molar-refractivity contribution in [3.05, 3.63) is 41.7 Å². The summed E-state index contributed by atoms with van der Waals surface area (Å²) in [5.41, 5.74) is 0.894. The van der Waals surface area contributed by atoms with Gasteiger partial charge in [0.05, 0.1) is 7.11 Å². The lowest BCUT2D eigenvalue weighted by Gasteiger charge is -2.17. The summed E-state index contributed by atoms with van der Waals surface area (Å²) < 4.78 is 5.07. The lowest BCUT2D eigenvalue weighted by atomic mass is 10.2. The van der Waals surface area contributed by atoms with Crippen LogP contribution in [0.15, 0.2) is 36.1 Å². The number of carbonyl (C=O) groups excluding carboxylic acids is 1. The SMILES string of the molecule is CCN(CC)OC(=O)C(=Cc1ccccc1)OC. The number of methoxy groups -OCH3 is 1. The zero-order chi connectivity index (χ0) is 13.4. The minimum Gasteiger partial charge on any atom is -0.490 e. The predicted octanol–water partition coefficient (Wildman–Crippen LogP) is 2.47. The van der Waals surface area contributed by atoms with Crippen molar-refractivity contribution in [2.45, 2.75) is 13.8 Å². The van der Waals surface area contributed by atoms with E-state index < -0.39 is 5.97 Å². The molecule has 1 aromatic carbocycles. The van der Waals surface area contributed by atoms with Gasteiger partial charge in [0, 0.05) is 13.1 Å². The Bertz CT molecular complexity index is 397. The highest BCUT2D eigenvalue weighted by Gasteiger charge is 2.15. The fourth-order valence-corrected chi connectivity index (χ4v) is 1.42. The molecule has 0 unspecified atom stereocenters. The number of ether oxygens (including phenoxy) is 1. The molecular weight excluding hydrogens is 230 g/mol. The minimum absolute atomic E-state index is 0.188. The van der Waals surface area contributed by atoms with Crippen molar-refractivity contribution in [1.29, 1.82) is 0 Å². The maximum atomic E-state index is 11.8. The highest BCUT2D eigenvalue weighted by Crippen LogP contribution is 2.09. The smallest absolute Gasteiger partial charge is 0.392 e. The maximum absolute atomic E-state index is 11.8. The van der Waals surface area contributed by atoms with E-state index >= 15 is 0 Å². The summed E-state index contributed by atoms with van der Waals surface area (Å²) in [7, 11) is 1.46. The summed E-state index contributed by atoms with van der Waals surface area (Å²) in [6.45, 7) is 5.13. The number of benzene rings is 1. The number of nitrogens with zero attached hydrogens (tertiary/aromatic N) is 1. The van der Waals surface area contributed by atoms with E-state index in [-0.39, 0.29) is 5.76 Å². The summed E-state index contributed by atoms with van der Waals surface area (Å²) >= 11 is 0. The first-order valence-electron chi connectivity index (χ1n) is 5.99. The quantitative estimate of drug-likeness (QED) is 0.441. The standard InChI is InChI=1S/C14H19NO3/c1-4-15(5-2)18-14(16)13(17-3)11-12-9-7-6-8-10-12/h6-11H,4-5H2,1-3H3. The number of hydrogen-bond acceptors (Lipinski definition) is 4. The van der Waals surface area contributed by atoms with Crippen LogP contribution < -0.4 is 0 Å². The molecule has 0 saturated heterocycles. The van der Waals surface area contributed by atoms with E-state index in [0.29, 0.717) is 13.1 Å². The predicted molar refractivity (Wildman–Crippen MR) is 70.4 cm³/mol. The molecule has 0 heterocycles. The Kier molecular flexibility index (Phi) is 5.94. The van der Waals surface area contributed by atoms with Gasteiger partial charge in [0.2, 0.25) is 5.76 Å². The van der Waals surface area contributed by atoms with E-state index in [1.54, 1.807) is 11.1 Å². The van der Waals surface area contributed by atoms with Gasteiger partial charge < -0.3 is 9.57 Å². The second-order valence-electron chi connectivity index (χ2n) is 3.62. The van der Waals surface area contributed by atoms with E-state index in [9.17, 15) is 4.79 Å². The van der Waals surface area contributed by atoms with Gasteiger partial charge in [-0.05, 0) is 25.5 Å². The van der Waals surface area contributed by atoms with Gasteiger partial charge in [-0.25, -0.2) is 4.79 Å². The van der Waals surface area contributed by atoms with Crippen LogP contribution in [0.1, 0.15) is 19.4 Å². The van der Waals surface area contributed by atoms with Crippen molar-refractivity contribution in [2.24, 2.45) is 0 Å². The summed E-state index contributed by atoms with van der Waals surface area (Å²) in [4.78, 5) is 17.0. The lowest BCUT2D eigenvalue weighted by Crippen LogP contribution is -2.28. The van der Waals surface area contributed by atoms with Gasteiger partial charge in [-0.3, -0.25) is 0 Å². The Balaban J connectivity index is 2.77. The highest BCUT2D eigenvalue weighted by molar-refractivity contribution is 5.91. The summed E-state index contributed by atoms with van der Waals surface area (Å²) in [6, 6.07) is 9.50. The minimum atomic E-state index is -0.481. The normalized spacial score (nSPS) is 11.4. The van der Waals surface area contributed by atoms with Crippen molar-refractivity contribution in [3.8, 4) is 0 Å². The molecule has 0 saturated carbocycles. The second kappa shape index (κ2) is 7.50. The van der Waals surface area contributed by atoms with E-state index in [0.717, 1.165) is 5.56 Å². The molecule has 0 fully saturated rings. The molecule has 18 heavy (non-hydrogen) atoms. The molecule has 0 atom stereocenters. The molecule has 1 rings (SSSR count). The molecule has 0 aliphatic rings. The molecule has 4 nitrogen and oxygen atoms in total. The van der Waals surface area contributed by atoms with Crippen LogP contribution in [0, 0.1) is 0 Å². The molecule has 1 aromatic rings. The first-order chi connectivity index (χ1) is 8.71. The fourth-order valence-electron chi connectivity index (χ4n) is 1.42. The molecule has 0 amide bonds. The van der Waals surface area contributed by atoms with Crippen molar-refractivity contribution in [1.82, 2.24) is 5.06 Å². The third-order valence-electron chi connectivity index (χ3n) is 2.44. The van der Waals surface area contributed by atoms with Crippen LogP contribution in [-0.4, -0.2) is 31.2 Å². The lowest BCUT2D eigenvalue weighted by molar-refractivity contribution is -0.186. The zero-order valence-corrected chi connectivity index (χ0v) is 11.1. The molecular formula is C14H19NO3. The van der Waals surface area contributed by atoms with Crippen LogP contribution in [-0.2, 0) is 14.4 Å². The molecule has 0 aromatic heterocycles. The van der Waals surface area contributed by atoms with E-state index in [1.165, 1.54) is 7.11 Å². The number of rotatable bonds is 6. The third-order valence-corrected chi connectivity index (χ3v) is 2.44. The maximum Gasteiger partial charge on any atom is 0.392 e. The molecule has 0 aliphatic carbocycles. The van der Waals surface area contributed by atoms with Gasteiger partial charge in [-0.1, -0.05) is 30.3 Å². The number of hydroxylamine groups is 2. The average Bonchev–Trinajstić information content (AvgIpc) is 2.43. The monoisotopic (exact) mass is 249 g/mol. The van der Waals surface area contributed by atoms with Gasteiger partial charge in [-0.15, -0.1) is 5.06 Å². The molecule has 0 bridgehead atoms. The van der Waals surface area contributed by atoms with Gasteiger partial charge in [0.25, 0.3) is 0 Å². The molecule has 4 heteroatoms. The first-order valence-corrected chi connectivity index (χ1v) is 5.99. The Labute approximate surface area is 108 Å². The van der Waals surface area contributed by atoms with Crippen LogP contribution in [0.3, 0.4) is 0 Å². The van der Waals surface area contributed by atoms with Crippen molar-refractivity contribution >= 4 is 12.0 Å². The third kappa shape index (κ3) is 4.22. The molecule has 0 aliphatic heterocycles. The van der Waals surface area contributed by atoms with Crippen LogP contribution in [0.4, 0.5) is 0 Å². The van der Waals surface area contributed by atoms with Crippen LogP contribution in [0.25, 0.3) is 6.08 Å². The number of carbonyl (C=O) groups is 1. The van der Waals surface area contributed by atoms with E-state index in [2.05, 4.69) is 0 Å². The van der Waals surface area contributed by atoms with Crippen LogP contribution >= 0.6 is 0 Å². The Morgan fingerprint density at radius 3 is 2.33 bits per heavy atom. The second-order valence-corrected chi connectivity index (χ2v) is 3.62. The van der Waals surface area contributed by atoms with Gasteiger partial charge in [0.1, 0.15) is 0 Å². The summed E-state index contributed by atoms with van der Waals surface area (Å²) in [5.74, 6) is -0.293.